The quantitative estimate of drug-likeness (QED) is 0.664. The molecule has 1 fully saturated rings. The van der Waals surface area contributed by atoms with E-state index >= 15 is 0 Å². The number of hydrogen-bond acceptors (Lipinski definition) is 5. The second kappa shape index (κ2) is 8.33. The van der Waals surface area contributed by atoms with Gasteiger partial charge in [0.15, 0.2) is 0 Å². The van der Waals surface area contributed by atoms with E-state index in [1.54, 1.807) is 29.2 Å². The van der Waals surface area contributed by atoms with E-state index in [0.29, 0.717) is 16.8 Å². The molecule has 1 atom stereocenters. The summed E-state index contributed by atoms with van der Waals surface area (Å²) >= 11 is 0. The summed E-state index contributed by atoms with van der Waals surface area (Å²) in [6.45, 7) is 3.67. The molecule has 0 aromatic heterocycles. The van der Waals surface area contributed by atoms with Crippen molar-refractivity contribution in [2.75, 3.05) is 41.3 Å². The number of nitrogens with one attached hydrogen (secondary N) is 2. The SMILES string of the molecule is N#Cc1ccc(C2Nc3cc(N4CCNCC4)ccc3C(=O)N2c2ccc(F)cc2)cc1. The van der Waals surface area contributed by atoms with Crippen molar-refractivity contribution >= 4 is 23.0 Å². The van der Waals surface area contributed by atoms with Gasteiger partial charge in [0.05, 0.1) is 22.9 Å². The van der Waals surface area contributed by atoms with Crippen molar-refractivity contribution in [2.45, 2.75) is 6.17 Å². The molecule has 1 amide bonds. The highest BCUT2D eigenvalue weighted by Gasteiger charge is 2.34. The van der Waals surface area contributed by atoms with Crippen LogP contribution >= 0.6 is 0 Å². The van der Waals surface area contributed by atoms with Crippen LogP contribution in [-0.4, -0.2) is 32.1 Å². The third-order valence-corrected chi connectivity index (χ3v) is 5.95. The zero-order valence-corrected chi connectivity index (χ0v) is 17.4. The Morgan fingerprint density at radius 2 is 1.62 bits per heavy atom. The highest BCUT2D eigenvalue weighted by atomic mass is 19.1. The van der Waals surface area contributed by atoms with Crippen LogP contribution in [0.3, 0.4) is 0 Å². The molecule has 0 spiro atoms. The number of amides is 1. The summed E-state index contributed by atoms with van der Waals surface area (Å²) < 4.78 is 13.6. The van der Waals surface area contributed by atoms with Gasteiger partial charge in [-0.05, 0) is 60.2 Å². The largest absolute Gasteiger partial charge is 0.369 e. The van der Waals surface area contributed by atoms with Gasteiger partial charge >= 0.3 is 0 Å². The Kier molecular flexibility index (Phi) is 5.21. The molecule has 0 bridgehead atoms. The van der Waals surface area contributed by atoms with Crippen molar-refractivity contribution in [1.82, 2.24) is 5.32 Å². The van der Waals surface area contributed by atoms with Crippen molar-refractivity contribution in [3.05, 3.63) is 89.2 Å². The minimum Gasteiger partial charge on any atom is -0.369 e. The zero-order chi connectivity index (χ0) is 22.1. The summed E-state index contributed by atoms with van der Waals surface area (Å²) in [7, 11) is 0. The number of anilines is 3. The molecule has 160 valence electrons. The van der Waals surface area contributed by atoms with E-state index in [4.69, 9.17) is 5.26 Å². The minimum absolute atomic E-state index is 0.161. The number of nitrogens with zero attached hydrogens (tertiary/aromatic N) is 3. The van der Waals surface area contributed by atoms with Gasteiger partial charge in [0.1, 0.15) is 12.0 Å². The van der Waals surface area contributed by atoms with E-state index in [2.05, 4.69) is 21.6 Å². The molecule has 7 heteroatoms. The molecule has 0 saturated carbocycles. The Morgan fingerprint density at radius 1 is 0.938 bits per heavy atom. The van der Waals surface area contributed by atoms with Gasteiger partial charge in [-0.25, -0.2) is 4.39 Å². The molecule has 1 unspecified atom stereocenters. The van der Waals surface area contributed by atoms with Crippen LogP contribution < -0.4 is 20.4 Å². The normalized spacial score (nSPS) is 18.0. The molecular weight excluding hydrogens is 405 g/mol. The van der Waals surface area contributed by atoms with Crippen molar-refractivity contribution < 1.29 is 9.18 Å². The Hall–Kier alpha value is -3.89. The molecule has 2 aliphatic heterocycles. The first-order valence-electron chi connectivity index (χ1n) is 10.6. The van der Waals surface area contributed by atoms with Gasteiger partial charge in [0, 0.05) is 37.6 Å². The maximum Gasteiger partial charge on any atom is 0.262 e. The third-order valence-electron chi connectivity index (χ3n) is 5.95. The third kappa shape index (κ3) is 3.66. The maximum atomic E-state index is 13.6. The van der Waals surface area contributed by atoms with E-state index in [-0.39, 0.29) is 11.7 Å². The number of halogens is 1. The Labute approximate surface area is 185 Å². The number of piperazine rings is 1. The van der Waals surface area contributed by atoms with Crippen LogP contribution in [0.5, 0.6) is 0 Å². The van der Waals surface area contributed by atoms with E-state index in [1.165, 1.54) is 12.1 Å². The molecule has 5 rings (SSSR count). The number of carbonyl (C=O) groups is 1. The molecule has 1 saturated heterocycles. The lowest BCUT2D eigenvalue weighted by Crippen LogP contribution is -2.44. The number of hydrogen-bond donors (Lipinski definition) is 2. The number of benzene rings is 3. The zero-order valence-electron chi connectivity index (χ0n) is 17.4. The van der Waals surface area contributed by atoms with Gasteiger partial charge in [0.2, 0.25) is 0 Å². The highest BCUT2D eigenvalue weighted by Crippen LogP contribution is 2.38. The van der Waals surface area contributed by atoms with Crippen LogP contribution in [0, 0.1) is 17.1 Å². The van der Waals surface area contributed by atoms with Gasteiger partial charge in [-0.3, -0.25) is 9.69 Å². The number of rotatable bonds is 3. The monoisotopic (exact) mass is 427 g/mol. The second-order valence-corrected chi connectivity index (χ2v) is 7.90. The Morgan fingerprint density at radius 3 is 2.31 bits per heavy atom. The highest BCUT2D eigenvalue weighted by molar-refractivity contribution is 6.12. The van der Waals surface area contributed by atoms with Gasteiger partial charge in [-0.1, -0.05) is 12.1 Å². The van der Waals surface area contributed by atoms with Gasteiger partial charge in [-0.15, -0.1) is 0 Å². The van der Waals surface area contributed by atoms with Crippen molar-refractivity contribution in [1.29, 1.82) is 5.26 Å². The molecule has 32 heavy (non-hydrogen) atoms. The van der Waals surface area contributed by atoms with E-state index < -0.39 is 6.17 Å². The van der Waals surface area contributed by atoms with E-state index in [0.717, 1.165) is 43.1 Å². The molecule has 0 radical (unpaired) electrons. The summed E-state index contributed by atoms with van der Waals surface area (Å²) in [6.07, 6.45) is -0.494. The molecule has 6 nitrogen and oxygen atoms in total. The van der Waals surface area contributed by atoms with Crippen molar-refractivity contribution in [3.63, 3.8) is 0 Å². The number of carbonyl (C=O) groups excluding carboxylic acids is 1. The minimum atomic E-state index is -0.494. The first-order valence-corrected chi connectivity index (χ1v) is 10.6. The van der Waals surface area contributed by atoms with Crippen molar-refractivity contribution in [3.8, 4) is 6.07 Å². The summed E-state index contributed by atoms with van der Waals surface area (Å²) in [5, 5.41) is 16.0. The van der Waals surface area contributed by atoms with Crippen LogP contribution in [0.25, 0.3) is 0 Å². The van der Waals surface area contributed by atoms with Crippen molar-refractivity contribution in [2.24, 2.45) is 0 Å². The van der Waals surface area contributed by atoms with Gasteiger partial charge < -0.3 is 15.5 Å². The van der Waals surface area contributed by atoms with Crippen LogP contribution in [0.1, 0.15) is 27.7 Å². The van der Waals surface area contributed by atoms with E-state index in [9.17, 15) is 9.18 Å². The molecule has 3 aromatic carbocycles. The lowest BCUT2D eigenvalue weighted by molar-refractivity contribution is 0.0975. The van der Waals surface area contributed by atoms with Crippen LogP contribution in [0.2, 0.25) is 0 Å². The standard InChI is InChI=1S/C25H22FN5O/c26-19-5-7-20(8-6-19)31-24(18-3-1-17(16-27)2-4-18)29-23-15-21(9-10-22(23)25(31)32)30-13-11-28-12-14-30/h1-10,15,24,28-29H,11-14H2. The van der Waals surface area contributed by atoms with Gasteiger partial charge in [0.25, 0.3) is 5.91 Å². The Bertz CT molecular complexity index is 1180. The number of nitriles is 1. The summed E-state index contributed by atoms with van der Waals surface area (Å²) in [5.41, 5.74) is 4.37. The summed E-state index contributed by atoms with van der Waals surface area (Å²) in [4.78, 5) is 17.5. The Balaban J connectivity index is 1.57. The first-order chi connectivity index (χ1) is 15.6. The lowest BCUT2D eigenvalue weighted by atomic mass is 10.0. The van der Waals surface area contributed by atoms with Gasteiger partial charge in [-0.2, -0.15) is 5.26 Å². The fourth-order valence-electron chi connectivity index (χ4n) is 4.26. The lowest BCUT2D eigenvalue weighted by Gasteiger charge is -2.39. The molecule has 2 heterocycles. The molecule has 2 aliphatic rings. The number of fused-ring (bicyclic) bond motifs is 1. The van der Waals surface area contributed by atoms with Crippen LogP contribution in [-0.2, 0) is 0 Å². The topological polar surface area (TPSA) is 71.4 Å². The smallest absolute Gasteiger partial charge is 0.262 e. The first kappa shape index (κ1) is 20.0. The van der Waals surface area contributed by atoms with E-state index in [1.807, 2.05) is 30.3 Å². The van der Waals surface area contributed by atoms with Crippen LogP contribution in [0.4, 0.5) is 21.5 Å². The molecule has 0 aliphatic carbocycles. The fraction of sp³-hybridized carbons (Fsp3) is 0.200. The predicted octanol–water partition coefficient (Wildman–Crippen LogP) is 3.88. The van der Waals surface area contributed by atoms with Crippen LogP contribution in [0.15, 0.2) is 66.7 Å². The summed E-state index contributed by atoms with van der Waals surface area (Å²) in [6, 6.07) is 21.0. The molecule has 3 aromatic rings. The average Bonchev–Trinajstić information content (AvgIpc) is 2.85. The average molecular weight is 427 g/mol. The summed E-state index contributed by atoms with van der Waals surface area (Å²) in [5.74, 6) is -0.520. The predicted molar refractivity (Wildman–Crippen MR) is 122 cm³/mol. The fourth-order valence-corrected chi connectivity index (χ4v) is 4.26. The second-order valence-electron chi connectivity index (χ2n) is 7.90. The molecular formula is C25H22FN5O. The molecule has 2 N–H and O–H groups in total. The maximum absolute atomic E-state index is 13.6.